The van der Waals surface area contributed by atoms with Crippen molar-refractivity contribution >= 4 is 5.78 Å². The Balaban J connectivity index is 1.45. The number of ether oxygens (including phenoxy) is 4. The number of aliphatic hydroxyl groups is 1. The first-order valence-electron chi connectivity index (χ1n) is 14.4. The lowest BCUT2D eigenvalue weighted by molar-refractivity contribution is -0.164. The van der Waals surface area contributed by atoms with Crippen LogP contribution in [0.1, 0.15) is 70.7 Å². The van der Waals surface area contributed by atoms with Gasteiger partial charge >= 0.3 is 0 Å². The summed E-state index contributed by atoms with van der Waals surface area (Å²) in [5, 5.41) is 11.2. The maximum Gasteiger partial charge on any atom is 0.185 e. The highest BCUT2D eigenvalue weighted by Crippen LogP contribution is 2.67. The van der Waals surface area contributed by atoms with E-state index in [1.807, 2.05) is 67.6 Å². The SMILES string of the molecule is C=C1[C@@H](O)CC[C@@]2(C)[C@H]3O[C@H](c4ccccc4)O[C@@H]3C3=C(C)C(=O)C[C@]4(O[C@@H](c5ccccc5)O[C@H]4[C@H]12)C3(C)C. The Kier molecular flexibility index (Phi) is 5.88. The highest BCUT2D eigenvalue weighted by atomic mass is 16.7. The van der Waals surface area contributed by atoms with Gasteiger partial charge in [0.15, 0.2) is 18.4 Å². The molecule has 2 saturated carbocycles. The number of carbonyl (C=O) groups excluding carboxylic acids is 1. The zero-order valence-electron chi connectivity index (χ0n) is 23.6. The van der Waals surface area contributed by atoms with E-state index in [0.717, 1.165) is 27.8 Å². The molecule has 6 heteroatoms. The molecule has 2 heterocycles. The van der Waals surface area contributed by atoms with E-state index in [9.17, 15) is 9.90 Å². The van der Waals surface area contributed by atoms with Crippen molar-refractivity contribution in [1.29, 1.82) is 0 Å². The Hall–Kier alpha value is -2.61. The van der Waals surface area contributed by atoms with E-state index >= 15 is 0 Å². The van der Waals surface area contributed by atoms with E-state index in [2.05, 4.69) is 27.4 Å². The van der Waals surface area contributed by atoms with Crippen molar-refractivity contribution < 1.29 is 28.8 Å². The van der Waals surface area contributed by atoms with Crippen LogP contribution in [0.25, 0.3) is 0 Å². The molecular weight excluding hydrogens is 504 g/mol. The van der Waals surface area contributed by atoms with E-state index in [-0.39, 0.29) is 24.2 Å². The van der Waals surface area contributed by atoms with Gasteiger partial charge in [-0.15, -0.1) is 0 Å². The zero-order valence-corrected chi connectivity index (χ0v) is 23.6. The number of Topliss-reactive ketones (excluding diaryl/α,β-unsaturated/α-hetero) is 1. The van der Waals surface area contributed by atoms with Gasteiger partial charge in [-0.3, -0.25) is 4.79 Å². The fourth-order valence-corrected chi connectivity index (χ4v) is 8.49. The molecule has 40 heavy (non-hydrogen) atoms. The molecule has 0 radical (unpaired) electrons. The first-order valence-corrected chi connectivity index (χ1v) is 14.4. The molecular formula is C34H38O6. The summed E-state index contributed by atoms with van der Waals surface area (Å²) in [5.41, 5.74) is 2.12. The van der Waals surface area contributed by atoms with E-state index in [1.165, 1.54) is 0 Å². The smallest absolute Gasteiger partial charge is 0.185 e. The maximum absolute atomic E-state index is 13.9. The Morgan fingerprint density at radius 2 is 1.48 bits per heavy atom. The molecule has 2 bridgehead atoms. The number of carbonyl (C=O) groups is 1. The fraction of sp³-hybridized carbons (Fsp3) is 0.500. The molecule has 0 aromatic heterocycles. The summed E-state index contributed by atoms with van der Waals surface area (Å²) in [4.78, 5) is 13.9. The number of benzene rings is 2. The van der Waals surface area contributed by atoms with Gasteiger partial charge in [0.2, 0.25) is 0 Å². The second kappa shape index (κ2) is 8.94. The topological polar surface area (TPSA) is 74.2 Å². The second-order valence-corrected chi connectivity index (χ2v) is 13.0. The summed E-state index contributed by atoms with van der Waals surface area (Å²) < 4.78 is 27.7. The molecule has 2 aromatic carbocycles. The van der Waals surface area contributed by atoms with Gasteiger partial charge in [0.1, 0.15) is 11.7 Å². The minimum absolute atomic E-state index is 0.0349. The summed E-state index contributed by atoms with van der Waals surface area (Å²) >= 11 is 0. The van der Waals surface area contributed by atoms with Gasteiger partial charge in [-0.1, -0.05) is 88.0 Å². The van der Waals surface area contributed by atoms with Gasteiger partial charge < -0.3 is 24.1 Å². The first kappa shape index (κ1) is 26.3. The third-order valence-corrected chi connectivity index (χ3v) is 10.7. The molecule has 5 aliphatic rings. The maximum atomic E-state index is 13.9. The van der Waals surface area contributed by atoms with Crippen LogP contribution < -0.4 is 0 Å². The molecule has 0 amide bonds. The lowest BCUT2D eigenvalue weighted by Gasteiger charge is -2.60. The quantitative estimate of drug-likeness (QED) is 0.471. The van der Waals surface area contributed by atoms with Crippen molar-refractivity contribution in [2.45, 2.75) is 89.6 Å². The van der Waals surface area contributed by atoms with E-state index in [1.54, 1.807) is 0 Å². The average molecular weight is 543 g/mol. The monoisotopic (exact) mass is 542 g/mol. The minimum Gasteiger partial charge on any atom is -0.389 e. The molecule has 1 spiro atoms. The van der Waals surface area contributed by atoms with Gasteiger partial charge in [0, 0.05) is 34.3 Å². The van der Waals surface area contributed by atoms with E-state index < -0.39 is 47.3 Å². The Morgan fingerprint density at radius 3 is 2.12 bits per heavy atom. The van der Waals surface area contributed by atoms with Gasteiger partial charge in [0.05, 0.1) is 18.3 Å². The largest absolute Gasteiger partial charge is 0.389 e. The third kappa shape index (κ3) is 3.43. The van der Waals surface area contributed by atoms with Crippen LogP contribution in [0.4, 0.5) is 0 Å². The fourth-order valence-electron chi connectivity index (χ4n) is 8.49. The van der Waals surface area contributed by atoms with Crippen molar-refractivity contribution in [3.8, 4) is 0 Å². The lowest BCUT2D eigenvalue weighted by Crippen LogP contribution is -2.68. The molecule has 6 nitrogen and oxygen atoms in total. The molecule has 9 atom stereocenters. The van der Waals surface area contributed by atoms with E-state index in [4.69, 9.17) is 18.9 Å². The number of fused-ring (bicyclic) bond motifs is 6. The molecule has 0 unspecified atom stereocenters. The van der Waals surface area contributed by atoms with Crippen LogP contribution in [0.15, 0.2) is 84.0 Å². The number of aliphatic hydroxyl groups excluding tert-OH is 1. The number of ketones is 1. The number of hydrogen-bond donors (Lipinski definition) is 1. The lowest BCUT2D eigenvalue weighted by atomic mass is 9.48. The normalized spacial score (nSPS) is 42.1. The molecule has 2 saturated heterocycles. The van der Waals surface area contributed by atoms with Crippen LogP contribution in [0.5, 0.6) is 0 Å². The highest BCUT2D eigenvalue weighted by Gasteiger charge is 2.72. The van der Waals surface area contributed by atoms with E-state index in [0.29, 0.717) is 12.8 Å². The summed E-state index contributed by atoms with van der Waals surface area (Å²) in [7, 11) is 0. The van der Waals surface area contributed by atoms with Crippen molar-refractivity contribution in [3.63, 3.8) is 0 Å². The van der Waals surface area contributed by atoms with Gasteiger partial charge in [-0.05, 0) is 36.5 Å². The van der Waals surface area contributed by atoms with Gasteiger partial charge in [-0.25, -0.2) is 0 Å². The zero-order chi connectivity index (χ0) is 28.0. The van der Waals surface area contributed by atoms with Crippen LogP contribution in [-0.2, 0) is 23.7 Å². The average Bonchev–Trinajstić information content (AvgIpc) is 3.55. The van der Waals surface area contributed by atoms with Crippen molar-refractivity contribution in [2.75, 3.05) is 0 Å². The standard InChI is InChI=1S/C34H38O6/c1-19-23(35)16-17-33(5)26(19)28-34(40-31(38-28)22-14-10-7-11-15-22)18-24(36)20(2)25(32(34,3)4)27-29(33)39-30(37-27)21-12-8-6-9-13-21/h6-15,23,26-31,35H,1,16-18H2,2-5H3/t23-,26-,27+,28-,29-,30+,31-,33+,34+/m0/s1. The van der Waals surface area contributed by atoms with Crippen LogP contribution in [0.2, 0.25) is 0 Å². The van der Waals surface area contributed by atoms with Gasteiger partial charge in [-0.2, -0.15) is 0 Å². The summed E-state index contributed by atoms with van der Waals surface area (Å²) in [6.45, 7) is 12.9. The Morgan fingerprint density at radius 1 is 0.875 bits per heavy atom. The number of allylic oxidation sites excluding steroid dienone is 1. The number of rotatable bonds is 2. The molecule has 3 aliphatic carbocycles. The van der Waals surface area contributed by atoms with Crippen molar-refractivity contribution in [2.24, 2.45) is 16.7 Å². The second-order valence-electron chi connectivity index (χ2n) is 13.0. The summed E-state index contributed by atoms with van der Waals surface area (Å²) in [6.07, 6.45) is -1.77. The van der Waals surface area contributed by atoms with Crippen LogP contribution >= 0.6 is 0 Å². The number of hydrogen-bond acceptors (Lipinski definition) is 6. The first-order chi connectivity index (χ1) is 19.1. The predicted octanol–water partition coefficient (Wildman–Crippen LogP) is 5.98. The highest BCUT2D eigenvalue weighted by molar-refractivity contribution is 5.98. The Bertz CT molecular complexity index is 1380. The molecule has 4 fully saturated rings. The van der Waals surface area contributed by atoms with Crippen molar-refractivity contribution in [3.05, 3.63) is 95.1 Å². The minimum atomic E-state index is -0.982. The summed E-state index contributed by atoms with van der Waals surface area (Å²) in [6, 6.07) is 19.9. The molecule has 7 rings (SSSR count). The molecule has 2 aromatic rings. The molecule has 1 N–H and O–H groups in total. The molecule has 2 aliphatic heterocycles. The molecule has 210 valence electrons. The summed E-state index contributed by atoms with van der Waals surface area (Å²) in [5.74, 6) is -0.282. The van der Waals surface area contributed by atoms with Gasteiger partial charge in [0.25, 0.3) is 0 Å². The Labute approximate surface area is 236 Å². The third-order valence-electron chi connectivity index (χ3n) is 10.7. The van der Waals surface area contributed by atoms with Crippen LogP contribution in [-0.4, -0.2) is 40.9 Å². The van der Waals surface area contributed by atoms with Crippen molar-refractivity contribution in [1.82, 2.24) is 0 Å². The van der Waals surface area contributed by atoms with Crippen LogP contribution in [0.3, 0.4) is 0 Å². The van der Waals surface area contributed by atoms with Crippen LogP contribution in [0, 0.1) is 16.7 Å². The predicted molar refractivity (Wildman–Crippen MR) is 149 cm³/mol.